The van der Waals surface area contributed by atoms with Crippen molar-refractivity contribution >= 4 is 11.8 Å². The van der Waals surface area contributed by atoms with Gasteiger partial charge in [0, 0.05) is 36.4 Å². The highest BCUT2D eigenvalue weighted by Crippen LogP contribution is 2.47. The number of alkyl halides is 6. The highest BCUT2D eigenvalue weighted by molar-refractivity contribution is 5.71. The summed E-state index contributed by atoms with van der Waals surface area (Å²) in [6, 6.07) is 13.4. The third kappa shape index (κ3) is 6.52. The summed E-state index contributed by atoms with van der Waals surface area (Å²) in [6.45, 7) is 1.86. The Balaban J connectivity index is 1.84. The number of carbonyl (C=O) groups excluding carboxylic acids is 1. The van der Waals surface area contributed by atoms with Gasteiger partial charge >= 0.3 is 18.4 Å². The molecule has 1 heterocycles. The van der Waals surface area contributed by atoms with Crippen LogP contribution in [0.25, 0.3) is 0 Å². The maximum absolute atomic E-state index is 13.6. The van der Waals surface area contributed by atoms with Crippen molar-refractivity contribution in [3.05, 3.63) is 88.5 Å². The number of benzene rings is 3. The molecule has 3 aromatic carbocycles. The molecule has 1 amide bonds. The van der Waals surface area contributed by atoms with E-state index in [1.165, 1.54) is 14.2 Å². The topological polar surface area (TPSA) is 51.2 Å². The van der Waals surface area contributed by atoms with Crippen LogP contribution in [-0.4, -0.2) is 38.4 Å². The van der Waals surface area contributed by atoms with Crippen LogP contribution in [-0.2, 0) is 30.2 Å². The molecule has 0 aliphatic carbocycles. The lowest BCUT2D eigenvalue weighted by atomic mass is 9.89. The van der Waals surface area contributed by atoms with E-state index in [1.54, 1.807) is 12.1 Å². The highest BCUT2D eigenvalue weighted by atomic mass is 19.4. The Labute approximate surface area is 239 Å². The number of fused-ring (bicyclic) bond motifs is 1. The summed E-state index contributed by atoms with van der Waals surface area (Å²) in [5, 5.41) is 0. The molecule has 0 radical (unpaired) electrons. The summed E-state index contributed by atoms with van der Waals surface area (Å²) in [5.74, 6) is 0.762. The molecule has 2 atom stereocenters. The van der Waals surface area contributed by atoms with Gasteiger partial charge in [-0.2, -0.15) is 26.3 Å². The van der Waals surface area contributed by atoms with E-state index >= 15 is 0 Å². The zero-order valence-corrected chi connectivity index (χ0v) is 23.3. The van der Waals surface area contributed by atoms with Gasteiger partial charge < -0.3 is 19.1 Å². The van der Waals surface area contributed by atoms with Gasteiger partial charge in [-0.25, -0.2) is 4.79 Å². The zero-order valence-electron chi connectivity index (χ0n) is 23.3. The van der Waals surface area contributed by atoms with Gasteiger partial charge in [0.25, 0.3) is 0 Å². The molecule has 0 unspecified atom stereocenters. The highest BCUT2D eigenvalue weighted by Gasteiger charge is 2.40. The molecular formula is C30H30F6N2O4. The van der Waals surface area contributed by atoms with Crippen LogP contribution in [0, 0.1) is 0 Å². The molecule has 42 heavy (non-hydrogen) atoms. The summed E-state index contributed by atoms with van der Waals surface area (Å²) in [7, 11) is 4.01. The molecule has 0 bridgehead atoms. The number of anilines is 1. The minimum Gasteiger partial charge on any atom is -0.493 e. The number of ether oxygens (including phenoxy) is 3. The third-order valence-corrected chi connectivity index (χ3v) is 7.28. The van der Waals surface area contributed by atoms with Gasteiger partial charge in [-0.3, -0.25) is 4.90 Å². The number of rotatable bonds is 7. The van der Waals surface area contributed by atoms with Crippen molar-refractivity contribution in [2.24, 2.45) is 0 Å². The van der Waals surface area contributed by atoms with Crippen molar-refractivity contribution in [3.63, 3.8) is 0 Å². The van der Waals surface area contributed by atoms with Crippen LogP contribution >= 0.6 is 0 Å². The van der Waals surface area contributed by atoms with Crippen molar-refractivity contribution in [3.8, 4) is 11.5 Å². The Hall–Kier alpha value is -4.09. The van der Waals surface area contributed by atoms with Crippen molar-refractivity contribution in [2.45, 2.75) is 50.9 Å². The van der Waals surface area contributed by atoms with Crippen molar-refractivity contribution < 1.29 is 45.3 Å². The molecule has 6 nitrogen and oxygen atoms in total. The first-order valence-corrected chi connectivity index (χ1v) is 13.0. The average Bonchev–Trinajstić information content (AvgIpc) is 2.95. The van der Waals surface area contributed by atoms with Gasteiger partial charge in [0.1, 0.15) is 0 Å². The van der Waals surface area contributed by atoms with Crippen molar-refractivity contribution in [2.75, 3.05) is 26.2 Å². The molecule has 1 aliphatic rings. The van der Waals surface area contributed by atoms with Gasteiger partial charge in [-0.1, -0.05) is 30.3 Å². The first-order valence-electron chi connectivity index (χ1n) is 13.0. The lowest BCUT2D eigenvalue weighted by Gasteiger charge is -2.44. The van der Waals surface area contributed by atoms with E-state index in [0.717, 1.165) is 17.6 Å². The van der Waals surface area contributed by atoms with Gasteiger partial charge in [-0.15, -0.1) is 0 Å². The average molecular weight is 597 g/mol. The van der Waals surface area contributed by atoms with E-state index in [9.17, 15) is 31.1 Å². The van der Waals surface area contributed by atoms with Gasteiger partial charge in [0.2, 0.25) is 0 Å². The van der Waals surface area contributed by atoms with E-state index in [-0.39, 0.29) is 17.7 Å². The van der Waals surface area contributed by atoms with Gasteiger partial charge in [-0.05, 0) is 48.7 Å². The standard InChI is InChI=1S/C30H30F6N2O4/c1-18-10-24(23-14-26(40-2)27(41-3)15-25(23)37(18)16-19-8-6-5-7-9-19)38(28(39)42-4)17-20-11-21(29(31,32)33)13-22(12-20)30(34,35)36/h5-9,11-15,18,24H,10,16-17H2,1-4H3/t18-,24+/m0/s1. The monoisotopic (exact) mass is 596 g/mol. The second-order valence-corrected chi connectivity index (χ2v) is 9.99. The lowest BCUT2D eigenvalue weighted by molar-refractivity contribution is -0.143. The summed E-state index contributed by atoms with van der Waals surface area (Å²) in [4.78, 5) is 16.4. The maximum Gasteiger partial charge on any atom is 0.416 e. The number of amides is 1. The van der Waals surface area contributed by atoms with E-state index in [0.29, 0.717) is 47.8 Å². The van der Waals surface area contributed by atoms with Crippen LogP contribution in [0.2, 0.25) is 0 Å². The fourth-order valence-corrected chi connectivity index (χ4v) is 5.26. The minimum absolute atomic E-state index is 0.0581. The van der Waals surface area contributed by atoms with Crippen LogP contribution in [0.1, 0.15) is 47.2 Å². The molecule has 0 saturated heterocycles. The number of hydrogen-bond donors (Lipinski definition) is 0. The van der Waals surface area contributed by atoms with Crippen LogP contribution in [0.3, 0.4) is 0 Å². The predicted molar refractivity (Wildman–Crippen MR) is 143 cm³/mol. The molecule has 1 aliphatic heterocycles. The maximum atomic E-state index is 13.6. The van der Waals surface area contributed by atoms with Crippen LogP contribution in [0.5, 0.6) is 11.5 Å². The molecule has 0 spiro atoms. The molecule has 0 saturated carbocycles. The molecule has 3 aromatic rings. The lowest BCUT2D eigenvalue weighted by Crippen LogP contribution is -2.44. The van der Waals surface area contributed by atoms with Gasteiger partial charge in [0.05, 0.1) is 38.5 Å². The van der Waals surface area contributed by atoms with Crippen LogP contribution < -0.4 is 14.4 Å². The van der Waals surface area contributed by atoms with E-state index in [4.69, 9.17) is 14.2 Å². The summed E-state index contributed by atoms with van der Waals surface area (Å²) in [6.07, 6.45) is -10.7. The van der Waals surface area contributed by atoms with Crippen molar-refractivity contribution in [1.29, 1.82) is 0 Å². The van der Waals surface area contributed by atoms with Gasteiger partial charge in [0.15, 0.2) is 11.5 Å². The second-order valence-electron chi connectivity index (χ2n) is 9.99. The molecule has 0 fully saturated rings. The Morgan fingerprint density at radius 3 is 1.95 bits per heavy atom. The Bertz CT molecular complexity index is 1380. The predicted octanol–water partition coefficient (Wildman–Crippen LogP) is 7.85. The largest absolute Gasteiger partial charge is 0.493 e. The van der Waals surface area contributed by atoms with Crippen molar-refractivity contribution in [1.82, 2.24) is 4.90 Å². The number of halogens is 6. The summed E-state index contributed by atoms with van der Waals surface area (Å²) >= 11 is 0. The number of methoxy groups -OCH3 is 3. The summed E-state index contributed by atoms with van der Waals surface area (Å²) in [5.41, 5.74) is -1.00. The van der Waals surface area contributed by atoms with Crippen LogP contribution in [0.4, 0.5) is 36.8 Å². The Morgan fingerprint density at radius 2 is 1.43 bits per heavy atom. The first kappa shape index (κ1) is 30.9. The molecule has 4 rings (SSSR count). The molecule has 12 heteroatoms. The molecule has 0 aromatic heterocycles. The first-order chi connectivity index (χ1) is 19.8. The quantitative estimate of drug-likeness (QED) is 0.260. The van der Waals surface area contributed by atoms with E-state index in [2.05, 4.69) is 4.90 Å². The Kier molecular flexibility index (Phi) is 8.84. The smallest absolute Gasteiger partial charge is 0.416 e. The number of hydrogen-bond acceptors (Lipinski definition) is 5. The minimum atomic E-state index is -5.03. The third-order valence-electron chi connectivity index (χ3n) is 7.28. The second kappa shape index (κ2) is 12.0. The van der Waals surface area contributed by atoms with E-state index in [1.807, 2.05) is 37.3 Å². The normalized spacial score (nSPS) is 17.0. The molecule has 0 N–H and O–H groups in total. The SMILES string of the molecule is COC(=O)N(Cc1cc(C(F)(F)F)cc(C(F)(F)F)c1)[C@@H]1C[C@H](C)N(Cc2ccccc2)c2cc(OC)c(OC)cc21. The molecule has 226 valence electrons. The Morgan fingerprint density at radius 1 is 0.857 bits per heavy atom. The fourth-order valence-electron chi connectivity index (χ4n) is 5.26. The summed E-state index contributed by atoms with van der Waals surface area (Å²) < 4.78 is 97.4. The fraction of sp³-hybridized carbons (Fsp3) is 0.367. The zero-order chi connectivity index (χ0) is 30.8. The van der Waals surface area contributed by atoms with Crippen LogP contribution in [0.15, 0.2) is 60.7 Å². The van der Waals surface area contributed by atoms with E-state index < -0.39 is 42.2 Å². The molecular weight excluding hydrogens is 566 g/mol. The number of carbonyl (C=O) groups is 1. The number of nitrogens with zero attached hydrogens (tertiary/aromatic N) is 2.